The number of nitrogens with zero attached hydrogens (tertiary/aromatic N) is 1. The maximum Gasteiger partial charge on any atom is 0.329 e. The fraction of sp³-hybridized carbons (Fsp3) is 0.364. The number of hydrogen-bond acceptors (Lipinski definition) is 4. The molecule has 0 aliphatic rings. The van der Waals surface area contributed by atoms with Crippen LogP contribution in [0.4, 0.5) is 11.4 Å². The van der Waals surface area contributed by atoms with Crippen molar-refractivity contribution in [3.63, 3.8) is 0 Å². The molecule has 0 fully saturated rings. The number of carbonyl (C=O) groups is 1. The highest BCUT2D eigenvalue weighted by Gasteiger charge is 2.32. The van der Waals surface area contributed by atoms with Gasteiger partial charge in [0.2, 0.25) is 0 Å². The van der Waals surface area contributed by atoms with Crippen molar-refractivity contribution in [2.24, 2.45) is 0 Å². The molecule has 0 bridgehead atoms. The summed E-state index contributed by atoms with van der Waals surface area (Å²) in [4.78, 5) is 21.4. The molecule has 1 atom stereocenters. The molecule has 0 heterocycles. The smallest absolute Gasteiger partial charge is 0.329 e. The molecule has 1 aromatic carbocycles. The van der Waals surface area contributed by atoms with Crippen LogP contribution >= 0.6 is 11.6 Å². The van der Waals surface area contributed by atoms with Crippen LogP contribution in [0.1, 0.15) is 20.3 Å². The van der Waals surface area contributed by atoms with Gasteiger partial charge in [-0.2, -0.15) is 0 Å². The number of carboxylic acid groups (broad SMARTS) is 1. The van der Waals surface area contributed by atoms with E-state index in [0.717, 1.165) is 0 Å². The summed E-state index contributed by atoms with van der Waals surface area (Å²) in [7, 11) is 0. The van der Waals surface area contributed by atoms with Crippen molar-refractivity contribution in [1.82, 2.24) is 0 Å². The third kappa shape index (κ3) is 2.89. The summed E-state index contributed by atoms with van der Waals surface area (Å²) in [6, 6.07) is 4.05. The van der Waals surface area contributed by atoms with Crippen molar-refractivity contribution in [2.45, 2.75) is 25.8 Å². The molecule has 6 nitrogen and oxygen atoms in total. The maximum atomic E-state index is 11.1. The van der Waals surface area contributed by atoms with Gasteiger partial charge in [0.05, 0.1) is 4.92 Å². The van der Waals surface area contributed by atoms with Crippen LogP contribution in [0.2, 0.25) is 5.02 Å². The first-order chi connectivity index (χ1) is 8.30. The fourth-order valence-electron chi connectivity index (χ4n) is 1.35. The molecule has 1 aromatic rings. The Labute approximate surface area is 109 Å². The molecule has 0 radical (unpaired) electrons. The zero-order valence-corrected chi connectivity index (χ0v) is 10.7. The van der Waals surface area contributed by atoms with Gasteiger partial charge in [0.1, 0.15) is 11.2 Å². The van der Waals surface area contributed by atoms with Crippen LogP contribution in [-0.2, 0) is 4.79 Å². The molecule has 2 N–H and O–H groups in total. The Bertz CT molecular complexity index is 492. The van der Waals surface area contributed by atoms with E-state index in [9.17, 15) is 14.9 Å². The average molecular weight is 273 g/mol. The van der Waals surface area contributed by atoms with Gasteiger partial charge in [-0.15, -0.1) is 0 Å². The zero-order valence-electron chi connectivity index (χ0n) is 9.94. The fourth-order valence-corrected chi connectivity index (χ4v) is 1.52. The maximum absolute atomic E-state index is 11.1. The topological polar surface area (TPSA) is 92.5 Å². The number of nitro benzene ring substituents is 1. The third-order valence-electron chi connectivity index (χ3n) is 2.75. The summed E-state index contributed by atoms with van der Waals surface area (Å²) in [5.41, 5.74) is -1.38. The zero-order chi connectivity index (χ0) is 13.9. The van der Waals surface area contributed by atoms with E-state index in [0.29, 0.717) is 0 Å². The molecule has 0 spiro atoms. The van der Waals surface area contributed by atoms with E-state index in [4.69, 9.17) is 16.7 Å². The lowest BCUT2D eigenvalue weighted by Crippen LogP contribution is -2.42. The van der Waals surface area contributed by atoms with Gasteiger partial charge in [-0.05, 0) is 25.5 Å². The molecule has 98 valence electrons. The number of benzene rings is 1. The van der Waals surface area contributed by atoms with Crippen LogP contribution in [0.3, 0.4) is 0 Å². The van der Waals surface area contributed by atoms with E-state index in [1.165, 1.54) is 25.1 Å². The Balaban J connectivity index is 3.18. The number of anilines is 1. The van der Waals surface area contributed by atoms with Crippen LogP contribution in [0.5, 0.6) is 0 Å². The second-order valence-corrected chi connectivity index (χ2v) is 4.47. The number of carboxylic acids is 1. The molecular weight excluding hydrogens is 260 g/mol. The lowest BCUT2D eigenvalue weighted by atomic mass is 9.98. The Morgan fingerprint density at radius 1 is 1.61 bits per heavy atom. The van der Waals surface area contributed by atoms with Crippen molar-refractivity contribution < 1.29 is 14.8 Å². The summed E-state index contributed by atoms with van der Waals surface area (Å²) in [5, 5.41) is 22.9. The van der Waals surface area contributed by atoms with Crippen LogP contribution in [0.15, 0.2) is 18.2 Å². The molecule has 7 heteroatoms. The van der Waals surface area contributed by atoms with E-state index in [-0.39, 0.29) is 22.8 Å². The molecule has 1 unspecified atom stereocenters. The van der Waals surface area contributed by atoms with Crippen molar-refractivity contribution in [2.75, 3.05) is 5.32 Å². The number of nitrogens with one attached hydrogen (secondary N) is 1. The van der Waals surface area contributed by atoms with Crippen molar-refractivity contribution in [3.8, 4) is 0 Å². The van der Waals surface area contributed by atoms with Gasteiger partial charge >= 0.3 is 5.97 Å². The molecule has 0 saturated carbocycles. The molecule has 0 saturated heterocycles. The molecule has 0 amide bonds. The molecule has 1 rings (SSSR count). The minimum Gasteiger partial charge on any atom is -0.480 e. The van der Waals surface area contributed by atoms with Gasteiger partial charge in [-0.1, -0.05) is 18.5 Å². The number of aliphatic carboxylic acids is 1. The SMILES string of the molecule is CCC(C)(Nc1ccc(Cl)cc1[N+](=O)[O-])C(=O)O. The van der Waals surface area contributed by atoms with Crippen molar-refractivity contribution in [1.29, 1.82) is 0 Å². The summed E-state index contributed by atoms with van der Waals surface area (Å²) >= 11 is 5.68. The normalized spacial score (nSPS) is 13.7. The highest BCUT2D eigenvalue weighted by molar-refractivity contribution is 6.30. The van der Waals surface area contributed by atoms with Gasteiger partial charge in [0, 0.05) is 11.1 Å². The Kier molecular flexibility index (Phi) is 4.13. The van der Waals surface area contributed by atoms with Gasteiger partial charge in [-0.3, -0.25) is 10.1 Å². The van der Waals surface area contributed by atoms with E-state index in [2.05, 4.69) is 5.32 Å². The van der Waals surface area contributed by atoms with Crippen LogP contribution in [-0.4, -0.2) is 21.5 Å². The van der Waals surface area contributed by atoms with Gasteiger partial charge in [-0.25, -0.2) is 4.79 Å². The predicted molar refractivity (Wildman–Crippen MR) is 68.1 cm³/mol. The minimum atomic E-state index is -1.27. The Morgan fingerprint density at radius 3 is 2.67 bits per heavy atom. The van der Waals surface area contributed by atoms with E-state index in [1.54, 1.807) is 6.92 Å². The lowest BCUT2D eigenvalue weighted by Gasteiger charge is -2.25. The Hall–Kier alpha value is -1.82. The molecular formula is C11H13ClN2O4. The summed E-state index contributed by atoms with van der Waals surface area (Å²) in [5.74, 6) is -1.07. The van der Waals surface area contributed by atoms with Crippen molar-refractivity contribution >= 4 is 28.9 Å². The second-order valence-electron chi connectivity index (χ2n) is 4.03. The lowest BCUT2D eigenvalue weighted by molar-refractivity contribution is -0.384. The Morgan fingerprint density at radius 2 is 2.22 bits per heavy atom. The number of halogens is 1. The first-order valence-corrected chi connectivity index (χ1v) is 5.63. The van der Waals surface area contributed by atoms with Crippen LogP contribution in [0, 0.1) is 10.1 Å². The minimum absolute atomic E-state index is 0.135. The monoisotopic (exact) mass is 272 g/mol. The quantitative estimate of drug-likeness (QED) is 0.635. The van der Waals surface area contributed by atoms with Crippen molar-refractivity contribution in [3.05, 3.63) is 33.3 Å². The standard InChI is InChI=1S/C11H13ClN2O4/c1-3-11(2,10(15)16)13-8-5-4-7(12)6-9(8)14(17)18/h4-6,13H,3H2,1-2H3,(H,15,16). The highest BCUT2D eigenvalue weighted by Crippen LogP contribution is 2.30. The number of hydrogen-bond donors (Lipinski definition) is 2. The van der Waals surface area contributed by atoms with E-state index < -0.39 is 16.4 Å². The summed E-state index contributed by atoms with van der Waals surface area (Å²) < 4.78 is 0. The first-order valence-electron chi connectivity index (χ1n) is 5.25. The van der Waals surface area contributed by atoms with Crippen LogP contribution in [0.25, 0.3) is 0 Å². The predicted octanol–water partition coefficient (Wildman–Crippen LogP) is 2.91. The molecule has 0 aromatic heterocycles. The summed E-state index contributed by atoms with van der Waals surface area (Å²) in [6.45, 7) is 3.15. The van der Waals surface area contributed by atoms with E-state index >= 15 is 0 Å². The first kappa shape index (κ1) is 14.2. The molecule has 18 heavy (non-hydrogen) atoms. The average Bonchev–Trinajstić information content (AvgIpc) is 2.30. The molecule has 0 aliphatic carbocycles. The largest absolute Gasteiger partial charge is 0.480 e. The van der Waals surface area contributed by atoms with Gasteiger partial charge < -0.3 is 10.4 Å². The van der Waals surface area contributed by atoms with Crippen LogP contribution < -0.4 is 5.32 Å². The number of nitro groups is 1. The highest BCUT2D eigenvalue weighted by atomic mass is 35.5. The van der Waals surface area contributed by atoms with Gasteiger partial charge in [0.15, 0.2) is 0 Å². The summed E-state index contributed by atoms with van der Waals surface area (Å²) in [6.07, 6.45) is 0.280. The van der Waals surface area contributed by atoms with E-state index in [1.807, 2.05) is 0 Å². The number of rotatable bonds is 5. The molecule has 0 aliphatic heterocycles. The van der Waals surface area contributed by atoms with Gasteiger partial charge in [0.25, 0.3) is 5.69 Å². The second kappa shape index (κ2) is 5.22. The third-order valence-corrected chi connectivity index (χ3v) is 2.98.